The first-order valence-corrected chi connectivity index (χ1v) is 8.68. The minimum absolute atomic E-state index is 0.0208. The van der Waals surface area contributed by atoms with E-state index in [0.29, 0.717) is 22.4 Å². The first-order chi connectivity index (χ1) is 12.0. The highest BCUT2D eigenvalue weighted by Crippen LogP contribution is 2.28. The zero-order valence-electron chi connectivity index (χ0n) is 14.8. The molecule has 0 unspecified atom stereocenters. The van der Waals surface area contributed by atoms with Crippen molar-refractivity contribution in [3.8, 4) is 0 Å². The van der Waals surface area contributed by atoms with Crippen LogP contribution < -0.4 is 5.56 Å². The lowest BCUT2D eigenvalue weighted by molar-refractivity contribution is -0.133. The molecule has 3 aromatic rings. The predicted octanol–water partition coefficient (Wildman–Crippen LogP) is 2.05. The molecule has 0 bridgehead atoms. The highest BCUT2D eigenvalue weighted by molar-refractivity contribution is 6.04. The van der Waals surface area contributed by atoms with Gasteiger partial charge in [0.15, 0.2) is 5.58 Å². The summed E-state index contributed by atoms with van der Waals surface area (Å²) in [5.74, 6) is 1.25. The highest BCUT2D eigenvalue weighted by Gasteiger charge is 2.23. The van der Waals surface area contributed by atoms with E-state index in [-0.39, 0.29) is 18.0 Å². The normalized spacial score (nSPS) is 18.4. The molecule has 1 aliphatic rings. The monoisotopic (exact) mass is 342 g/mol. The van der Waals surface area contributed by atoms with E-state index < -0.39 is 0 Å². The summed E-state index contributed by atoms with van der Waals surface area (Å²) in [4.78, 5) is 27.2. The van der Waals surface area contributed by atoms with Crippen LogP contribution in [0.15, 0.2) is 21.5 Å². The Morgan fingerprint density at radius 3 is 3.00 bits per heavy atom. The third kappa shape index (κ3) is 2.54. The average molecular weight is 342 g/mol. The minimum Gasteiger partial charge on any atom is -0.459 e. The van der Waals surface area contributed by atoms with E-state index in [1.54, 1.807) is 6.20 Å². The molecule has 0 saturated carbocycles. The maximum Gasteiger partial charge on any atom is 0.291 e. The Kier molecular flexibility index (Phi) is 3.67. The fraction of sp³-hybridized carbons (Fsp3) is 0.500. The molecule has 132 valence electrons. The molecule has 0 spiro atoms. The molecule has 7 heteroatoms. The van der Waals surface area contributed by atoms with E-state index in [4.69, 9.17) is 4.42 Å². The van der Waals surface area contributed by atoms with Gasteiger partial charge in [-0.2, -0.15) is 5.10 Å². The van der Waals surface area contributed by atoms with E-state index in [9.17, 15) is 9.59 Å². The summed E-state index contributed by atoms with van der Waals surface area (Å²) in [6.07, 6.45) is 3.78. The summed E-state index contributed by atoms with van der Waals surface area (Å²) < 4.78 is 8.77. The highest BCUT2D eigenvalue weighted by atomic mass is 16.3. The molecule has 1 amide bonds. The number of amides is 1. The Labute approximate surface area is 144 Å². The van der Waals surface area contributed by atoms with Crippen LogP contribution in [-0.2, 0) is 18.4 Å². The topological polar surface area (TPSA) is 73.3 Å². The maximum absolute atomic E-state index is 12.9. The van der Waals surface area contributed by atoms with Gasteiger partial charge >= 0.3 is 0 Å². The Balaban J connectivity index is 1.71. The molecule has 0 aromatic carbocycles. The van der Waals surface area contributed by atoms with Crippen molar-refractivity contribution in [1.29, 1.82) is 0 Å². The molecule has 1 atom stereocenters. The molecule has 4 rings (SSSR count). The molecule has 0 N–H and O–H groups in total. The lowest BCUT2D eigenvalue weighted by atomic mass is 10.0. The summed E-state index contributed by atoms with van der Waals surface area (Å²) in [7, 11) is 1.83. The molecule has 25 heavy (non-hydrogen) atoms. The van der Waals surface area contributed by atoms with Gasteiger partial charge in [0, 0.05) is 26.2 Å². The number of hydrogen-bond donors (Lipinski definition) is 0. The van der Waals surface area contributed by atoms with Gasteiger partial charge in [0.2, 0.25) is 5.91 Å². The molecule has 7 nitrogen and oxygen atoms in total. The lowest BCUT2D eigenvalue weighted by Gasteiger charge is -2.30. The predicted molar refractivity (Wildman–Crippen MR) is 94.5 cm³/mol. The van der Waals surface area contributed by atoms with Crippen molar-refractivity contribution in [2.45, 2.75) is 33.2 Å². The van der Waals surface area contributed by atoms with Crippen molar-refractivity contribution in [2.75, 3.05) is 13.1 Å². The molecular weight excluding hydrogens is 320 g/mol. The van der Waals surface area contributed by atoms with Gasteiger partial charge < -0.3 is 13.9 Å². The first kappa shape index (κ1) is 15.9. The Morgan fingerprint density at radius 2 is 2.24 bits per heavy atom. The van der Waals surface area contributed by atoms with Gasteiger partial charge in [-0.05, 0) is 25.7 Å². The molecule has 0 radical (unpaired) electrons. The van der Waals surface area contributed by atoms with Crippen molar-refractivity contribution in [2.24, 2.45) is 13.0 Å². The summed E-state index contributed by atoms with van der Waals surface area (Å²) in [6, 6.07) is 1.90. The van der Waals surface area contributed by atoms with Gasteiger partial charge in [0.05, 0.1) is 17.1 Å². The van der Waals surface area contributed by atoms with Gasteiger partial charge in [-0.15, -0.1) is 0 Å². The molecular formula is C18H22N4O3. The number of likely N-dealkylation sites (tertiary alicyclic amines) is 1. The van der Waals surface area contributed by atoms with Gasteiger partial charge in [-0.1, -0.05) is 6.92 Å². The van der Waals surface area contributed by atoms with Crippen molar-refractivity contribution in [1.82, 2.24) is 19.2 Å². The fourth-order valence-electron chi connectivity index (χ4n) is 3.79. The lowest BCUT2D eigenvalue weighted by Crippen LogP contribution is -2.42. The van der Waals surface area contributed by atoms with Crippen molar-refractivity contribution in [3.05, 3.63) is 28.4 Å². The number of carbonyl (C=O) groups is 1. The number of nitrogens with zero attached hydrogens (tertiary/aromatic N) is 4. The van der Waals surface area contributed by atoms with Gasteiger partial charge in [0.25, 0.3) is 5.56 Å². The van der Waals surface area contributed by atoms with E-state index in [0.717, 1.165) is 37.2 Å². The van der Waals surface area contributed by atoms with E-state index >= 15 is 0 Å². The van der Waals surface area contributed by atoms with Crippen molar-refractivity contribution >= 4 is 27.9 Å². The van der Waals surface area contributed by atoms with E-state index in [2.05, 4.69) is 12.0 Å². The number of hydrogen-bond acceptors (Lipinski definition) is 4. The number of rotatable bonds is 2. The van der Waals surface area contributed by atoms with Crippen molar-refractivity contribution in [3.63, 3.8) is 0 Å². The molecule has 3 aromatic heterocycles. The third-order valence-corrected chi connectivity index (χ3v) is 5.09. The Hall–Kier alpha value is -2.57. The quantitative estimate of drug-likeness (QED) is 0.714. The number of aromatic nitrogens is 3. The SMILES string of the molecule is Cc1cc2c(o1)c1cnn(CC(=O)N3CCC[C@H](C)C3)c(=O)c1n2C. The van der Waals surface area contributed by atoms with E-state index in [1.807, 2.05) is 29.5 Å². The van der Waals surface area contributed by atoms with Gasteiger partial charge in [0.1, 0.15) is 17.8 Å². The number of aryl methyl sites for hydroxylation is 2. The molecule has 1 saturated heterocycles. The third-order valence-electron chi connectivity index (χ3n) is 5.09. The summed E-state index contributed by atoms with van der Waals surface area (Å²) >= 11 is 0. The van der Waals surface area contributed by atoms with Crippen LogP contribution in [0.25, 0.3) is 22.0 Å². The fourth-order valence-corrected chi connectivity index (χ4v) is 3.79. The molecule has 4 heterocycles. The molecule has 1 fully saturated rings. The summed E-state index contributed by atoms with van der Waals surface area (Å²) in [5.41, 5.74) is 1.79. The number of carbonyl (C=O) groups excluding carboxylic acids is 1. The smallest absolute Gasteiger partial charge is 0.291 e. The number of fused-ring (bicyclic) bond motifs is 3. The van der Waals surface area contributed by atoms with Crippen LogP contribution in [0.3, 0.4) is 0 Å². The van der Waals surface area contributed by atoms with Crippen LogP contribution >= 0.6 is 0 Å². The Bertz CT molecular complexity index is 1030. The second kappa shape index (κ2) is 5.75. The summed E-state index contributed by atoms with van der Waals surface area (Å²) in [6.45, 7) is 5.52. The number of furan rings is 1. The maximum atomic E-state index is 12.9. The zero-order valence-corrected chi connectivity index (χ0v) is 14.8. The van der Waals surface area contributed by atoms with Crippen LogP contribution in [-0.4, -0.2) is 38.2 Å². The first-order valence-electron chi connectivity index (χ1n) is 8.68. The van der Waals surface area contributed by atoms with Crippen LogP contribution in [0, 0.1) is 12.8 Å². The average Bonchev–Trinajstić information content (AvgIpc) is 3.07. The van der Waals surface area contributed by atoms with Crippen LogP contribution in [0.4, 0.5) is 0 Å². The zero-order chi connectivity index (χ0) is 17.7. The van der Waals surface area contributed by atoms with Crippen LogP contribution in [0.1, 0.15) is 25.5 Å². The number of piperidine rings is 1. The molecule has 1 aliphatic heterocycles. The Morgan fingerprint density at radius 1 is 1.44 bits per heavy atom. The second-order valence-corrected chi connectivity index (χ2v) is 7.09. The van der Waals surface area contributed by atoms with Crippen molar-refractivity contribution < 1.29 is 9.21 Å². The van der Waals surface area contributed by atoms with Crippen LogP contribution in [0.5, 0.6) is 0 Å². The largest absolute Gasteiger partial charge is 0.459 e. The molecule has 0 aliphatic carbocycles. The summed E-state index contributed by atoms with van der Waals surface area (Å²) in [5, 5.41) is 4.90. The van der Waals surface area contributed by atoms with Gasteiger partial charge in [-0.3, -0.25) is 9.59 Å². The standard InChI is InChI=1S/C18H22N4O3/c1-11-5-4-6-21(9-11)15(23)10-22-18(24)16-13(8-19-22)17-14(20(16)3)7-12(2)25-17/h7-8,11H,4-6,9-10H2,1-3H3/t11-/m0/s1. The van der Waals surface area contributed by atoms with E-state index in [1.165, 1.54) is 4.68 Å². The second-order valence-electron chi connectivity index (χ2n) is 7.09. The van der Waals surface area contributed by atoms with Crippen LogP contribution in [0.2, 0.25) is 0 Å². The van der Waals surface area contributed by atoms with Gasteiger partial charge in [-0.25, -0.2) is 4.68 Å². The minimum atomic E-state index is -0.262.